The molecule has 0 aromatic heterocycles. The molecule has 3 atom stereocenters. The van der Waals surface area contributed by atoms with Gasteiger partial charge in [-0.1, -0.05) is 0 Å². The summed E-state index contributed by atoms with van der Waals surface area (Å²) in [7, 11) is 0. The predicted octanol–water partition coefficient (Wildman–Crippen LogP) is 2.56. The van der Waals surface area contributed by atoms with Crippen LogP contribution in [0.2, 0.25) is 0 Å². The third-order valence-electron chi connectivity index (χ3n) is 3.77. The van der Waals surface area contributed by atoms with Crippen molar-refractivity contribution in [1.82, 2.24) is 5.32 Å². The molecule has 15 heavy (non-hydrogen) atoms. The minimum atomic E-state index is 0.282. The first-order valence-electron chi connectivity index (χ1n) is 6.07. The third kappa shape index (κ3) is 2.87. The largest absolute Gasteiger partial charge is 0.353 e. The van der Waals surface area contributed by atoms with Crippen LogP contribution in [-0.2, 0) is 4.79 Å². The molecule has 1 N–H and O–H groups in total. The molecule has 0 aromatic rings. The second kappa shape index (κ2) is 4.73. The first-order valence-corrected chi connectivity index (χ1v) is 6.60. The second-order valence-corrected chi connectivity index (χ2v) is 5.54. The molecule has 2 rings (SSSR count). The van der Waals surface area contributed by atoms with E-state index in [2.05, 4.69) is 12.2 Å². The summed E-state index contributed by atoms with van der Waals surface area (Å²) < 4.78 is 0. The first-order chi connectivity index (χ1) is 7.20. The summed E-state index contributed by atoms with van der Waals surface area (Å²) in [5.41, 5.74) is 0. The zero-order valence-corrected chi connectivity index (χ0v) is 10.1. The van der Waals surface area contributed by atoms with Gasteiger partial charge in [0.05, 0.1) is 0 Å². The van der Waals surface area contributed by atoms with Crippen molar-refractivity contribution in [2.24, 2.45) is 17.8 Å². The second-order valence-electron chi connectivity index (χ2n) is 5.17. The number of rotatable bonds is 5. The van der Waals surface area contributed by atoms with Crippen LogP contribution < -0.4 is 5.32 Å². The molecule has 0 radical (unpaired) electrons. The fourth-order valence-electron chi connectivity index (χ4n) is 2.75. The number of hydrogen-bond acceptors (Lipinski definition) is 1. The van der Waals surface area contributed by atoms with E-state index in [4.69, 9.17) is 11.6 Å². The Kier molecular flexibility index (Phi) is 3.55. The monoisotopic (exact) mass is 229 g/mol. The highest BCUT2D eigenvalue weighted by atomic mass is 35.5. The summed E-state index contributed by atoms with van der Waals surface area (Å²) in [6.45, 7) is 2.07. The van der Waals surface area contributed by atoms with Gasteiger partial charge in [-0.3, -0.25) is 4.79 Å². The Bertz CT molecular complexity index is 234. The predicted molar refractivity (Wildman–Crippen MR) is 61.9 cm³/mol. The summed E-state index contributed by atoms with van der Waals surface area (Å²) in [5.74, 6) is 3.06. The van der Waals surface area contributed by atoms with Crippen molar-refractivity contribution in [3.8, 4) is 0 Å². The maximum absolute atomic E-state index is 11.8. The molecule has 2 aliphatic carbocycles. The third-order valence-corrected chi connectivity index (χ3v) is 4.04. The number of fused-ring (bicyclic) bond motifs is 1. The molecule has 0 aromatic carbocycles. The van der Waals surface area contributed by atoms with E-state index in [0.29, 0.717) is 11.8 Å². The van der Waals surface area contributed by atoms with E-state index >= 15 is 0 Å². The molecular weight excluding hydrogens is 210 g/mol. The Morgan fingerprint density at radius 1 is 1.40 bits per heavy atom. The van der Waals surface area contributed by atoms with Crippen LogP contribution in [0.5, 0.6) is 0 Å². The van der Waals surface area contributed by atoms with Crippen molar-refractivity contribution in [1.29, 1.82) is 0 Å². The molecule has 2 saturated carbocycles. The number of amides is 1. The van der Waals surface area contributed by atoms with Crippen molar-refractivity contribution >= 4 is 17.5 Å². The van der Waals surface area contributed by atoms with Gasteiger partial charge < -0.3 is 5.32 Å². The topological polar surface area (TPSA) is 29.1 Å². The zero-order chi connectivity index (χ0) is 10.8. The average Bonchev–Trinajstić information content (AvgIpc) is 2.82. The van der Waals surface area contributed by atoms with Gasteiger partial charge in [0, 0.05) is 17.8 Å². The van der Waals surface area contributed by atoms with E-state index in [-0.39, 0.29) is 11.9 Å². The lowest BCUT2D eigenvalue weighted by molar-refractivity contribution is -0.125. The number of alkyl halides is 1. The van der Waals surface area contributed by atoms with Gasteiger partial charge in [0.1, 0.15) is 0 Å². The number of hydrogen-bond donors (Lipinski definition) is 1. The molecule has 1 amide bonds. The van der Waals surface area contributed by atoms with Gasteiger partial charge in [0.25, 0.3) is 0 Å². The van der Waals surface area contributed by atoms with Crippen LogP contribution in [0.3, 0.4) is 0 Å². The molecule has 3 unspecified atom stereocenters. The van der Waals surface area contributed by atoms with Gasteiger partial charge in [-0.25, -0.2) is 0 Å². The van der Waals surface area contributed by atoms with Crippen molar-refractivity contribution < 1.29 is 4.79 Å². The van der Waals surface area contributed by atoms with E-state index in [1.54, 1.807) is 0 Å². The average molecular weight is 230 g/mol. The van der Waals surface area contributed by atoms with Crippen LogP contribution >= 0.6 is 11.6 Å². The fourth-order valence-corrected chi connectivity index (χ4v) is 2.90. The summed E-state index contributed by atoms with van der Waals surface area (Å²) in [6.07, 6.45) is 5.64. The lowest BCUT2D eigenvalue weighted by Crippen LogP contribution is -2.36. The molecule has 2 fully saturated rings. The lowest BCUT2D eigenvalue weighted by Gasteiger charge is -2.17. The normalized spacial score (nSPS) is 34.7. The summed E-state index contributed by atoms with van der Waals surface area (Å²) in [5, 5.41) is 3.10. The van der Waals surface area contributed by atoms with E-state index in [0.717, 1.165) is 37.5 Å². The van der Waals surface area contributed by atoms with Gasteiger partial charge >= 0.3 is 0 Å². The molecule has 2 nitrogen and oxygen atoms in total. The number of nitrogens with one attached hydrogen (secondary N) is 1. The SMILES string of the molecule is CC(CCCCl)NC(=O)C1CC2CC2C1. The highest BCUT2D eigenvalue weighted by Crippen LogP contribution is 2.54. The summed E-state index contributed by atoms with van der Waals surface area (Å²) in [4.78, 5) is 11.8. The molecule has 0 saturated heterocycles. The van der Waals surface area contributed by atoms with Crippen LogP contribution in [0, 0.1) is 17.8 Å². The number of halogens is 1. The molecule has 3 heteroatoms. The molecule has 2 aliphatic rings. The van der Waals surface area contributed by atoms with E-state index in [9.17, 15) is 4.79 Å². The maximum Gasteiger partial charge on any atom is 0.223 e. The number of carbonyl (C=O) groups is 1. The van der Waals surface area contributed by atoms with Gasteiger partial charge in [-0.15, -0.1) is 11.6 Å². The molecule has 86 valence electrons. The number of carbonyl (C=O) groups excluding carboxylic acids is 1. The highest BCUT2D eigenvalue weighted by Gasteiger charge is 2.47. The summed E-state index contributed by atoms with van der Waals surface area (Å²) in [6, 6.07) is 0.285. The molecule has 0 spiro atoms. The minimum Gasteiger partial charge on any atom is -0.353 e. The molecule has 0 heterocycles. The minimum absolute atomic E-state index is 0.282. The van der Waals surface area contributed by atoms with E-state index in [1.165, 1.54) is 6.42 Å². The Morgan fingerprint density at radius 3 is 2.67 bits per heavy atom. The standard InChI is InChI=1S/C12H20ClNO/c1-8(3-2-4-13)14-12(15)11-6-9-5-10(9)7-11/h8-11H,2-7H2,1H3,(H,14,15). The maximum atomic E-state index is 11.8. The van der Waals surface area contributed by atoms with Crippen LogP contribution in [-0.4, -0.2) is 17.8 Å². The van der Waals surface area contributed by atoms with E-state index in [1.807, 2.05) is 0 Å². The lowest BCUT2D eigenvalue weighted by atomic mass is 10.0. The van der Waals surface area contributed by atoms with Gasteiger partial charge in [0.2, 0.25) is 5.91 Å². The van der Waals surface area contributed by atoms with Crippen molar-refractivity contribution in [3.05, 3.63) is 0 Å². The van der Waals surface area contributed by atoms with Gasteiger partial charge in [-0.2, -0.15) is 0 Å². The highest BCUT2D eigenvalue weighted by molar-refractivity contribution is 6.17. The van der Waals surface area contributed by atoms with Crippen LogP contribution in [0.4, 0.5) is 0 Å². The van der Waals surface area contributed by atoms with Crippen LogP contribution in [0.25, 0.3) is 0 Å². The molecule has 0 aliphatic heterocycles. The van der Waals surface area contributed by atoms with Gasteiger partial charge in [0.15, 0.2) is 0 Å². The van der Waals surface area contributed by atoms with Crippen LogP contribution in [0.15, 0.2) is 0 Å². The fraction of sp³-hybridized carbons (Fsp3) is 0.917. The van der Waals surface area contributed by atoms with Crippen molar-refractivity contribution in [2.45, 2.75) is 45.1 Å². The van der Waals surface area contributed by atoms with Crippen LogP contribution in [0.1, 0.15) is 39.0 Å². The molecule has 0 bridgehead atoms. The van der Waals surface area contributed by atoms with Crippen molar-refractivity contribution in [3.63, 3.8) is 0 Å². The Labute approximate surface area is 96.8 Å². The Hall–Kier alpha value is -0.240. The Morgan fingerprint density at radius 2 is 2.07 bits per heavy atom. The molecular formula is C12H20ClNO. The van der Waals surface area contributed by atoms with Gasteiger partial charge in [-0.05, 0) is 50.9 Å². The summed E-state index contributed by atoms with van der Waals surface area (Å²) >= 11 is 5.62. The van der Waals surface area contributed by atoms with E-state index < -0.39 is 0 Å². The quantitative estimate of drug-likeness (QED) is 0.722. The smallest absolute Gasteiger partial charge is 0.223 e. The Balaban J connectivity index is 1.67. The first kappa shape index (κ1) is 11.3. The zero-order valence-electron chi connectivity index (χ0n) is 9.34. The van der Waals surface area contributed by atoms with Crippen molar-refractivity contribution in [2.75, 3.05) is 5.88 Å².